The van der Waals surface area contributed by atoms with Gasteiger partial charge < -0.3 is 0 Å². The van der Waals surface area contributed by atoms with Gasteiger partial charge in [-0.25, -0.2) is 8.42 Å². The van der Waals surface area contributed by atoms with Crippen molar-refractivity contribution in [2.45, 2.75) is 36.4 Å². The molecule has 0 N–H and O–H groups in total. The molecule has 1 aliphatic rings. The lowest BCUT2D eigenvalue weighted by Gasteiger charge is -2.21. The molecule has 1 fully saturated rings. The van der Waals surface area contributed by atoms with E-state index < -0.39 is 32.2 Å². The summed E-state index contributed by atoms with van der Waals surface area (Å²) in [6.45, 7) is -0.0646. The normalized spacial score (nSPS) is 15.2. The van der Waals surface area contributed by atoms with Gasteiger partial charge in [0, 0.05) is 19.0 Å². The highest BCUT2D eigenvalue weighted by Crippen LogP contribution is 2.36. The number of hydrogen-bond donors (Lipinski definition) is 0. The number of hydrogen-bond acceptors (Lipinski definition) is 4. The Morgan fingerprint density at radius 2 is 1.91 bits per heavy atom. The summed E-state index contributed by atoms with van der Waals surface area (Å²) in [7, 11) is -4.15. The van der Waals surface area contributed by atoms with Crippen LogP contribution < -0.4 is 0 Å². The minimum Gasteiger partial charge on any atom is -0.207 e. The molecule has 1 aromatic carbocycles. The highest BCUT2D eigenvalue weighted by molar-refractivity contribution is 7.89. The lowest BCUT2D eigenvalue weighted by atomic mass is 10.1. The van der Waals surface area contributed by atoms with E-state index in [0.29, 0.717) is 18.9 Å². The van der Waals surface area contributed by atoms with Crippen LogP contribution in [0, 0.1) is 22.7 Å². The Bertz CT molecular complexity index is 787. The molecule has 0 bridgehead atoms. The number of alkyl halides is 3. The van der Waals surface area contributed by atoms with E-state index in [1.807, 2.05) is 6.07 Å². The summed E-state index contributed by atoms with van der Waals surface area (Å²) in [5.74, 6) is 0. The summed E-state index contributed by atoms with van der Waals surface area (Å²) in [5, 5.41) is 17.4. The number of rotatable bonds is 5. The standard InChI is InChI=1S/C14H12F3N3O2S/c15-14(16,17)13-8-12(5-2-10(13)9-19)23(21,22)20(7-1-6-18)11-3-4-11/h2,5,8,11H,1,3-4,7H2. The third-order valence-electron chi connectivity index (χ3n) is 3.42. The molecule has 0 aliphatic heterocycles. The largest absolute Gasteiger partial charge is 0.417 e. The smallest absolute Gasteiger partial charge is 0.207 e. The van der Waals surface area contributed by atoms with E-state index in [-0.39, 0.29) is 19.0 Å². The molecule has 1 saturated carbocycles. The molecule has 5 nitrogen and oxygen atoms in total. The fraction of sp³-hybridized carbons (Fsp3) is 0.429. The second-order valence-electron chi connectivity index (χ2n) is 5.07. The van der Waals surface area contributed by atoms with Crippen molar-refractivity contribution in [3.05, 3.63) is 29.3 Å². The zero-order valence-corrected chi connectivity index (χ0v) is 12.7. The number of nitrogens with zero attached hydrogens (tertiary/aromatic N) is 3. The third kappa shape index (κ3) is 3.63. The zero-order chi connectivity index (χ0) is 17.3. The molecule has 1 aromatic rings. The third-order valence-corrected chi connectivity index (χ3v) is 5.37. The molecule has 1 aliphatic carbocycles. The van der Waals surface area contributed by atoms with Gasteiger partial charge in [-0.2, -0.15) is 28.0 Å². The summed E-state index contributed by atoms with van der Waals surface area (Å²) in [4.78, 5) is -0.520. The maximum Gasteiger partial charge on any atom is 0.417 e. The Labute approximate surface area is 131 Å². The van der Waals surface area contributed by atoms with Gasteiger partial charge in [-0.05, 0) is 31.0 Å². The van der Waals surface area contributed by atoms with E-state index in [9.17, 15) is 21.6 Å². The topological polar surface area (TPSA) is 85.0 Å². The lowest BCUT2D eigenvalue weighted by molar-refractivity contribution is -0.137. The summed E-state index contributed by atoms with van der Waals surface area (Å²) >= 11 is 0. The molecule has 9 heteroatoms. The van der Waals surface area contributed by atoms with Crippen LogP contribution in [-0.4, -0.2) is 25.3 Å². The van der Waals surface area contributed by atoms with Gasteiger partial charge in [-0.3, -0.25) is 0 Å². The molecule has 0 aromatic heterocycles. The van der Waals surface area contributed by atoms with Gasteiger partial charge in [-0.15, -0.1) is 0 Å². The van der Waals surface area contributed by atoms with Crippen LogP contribution >= 0.6 is 0 Å². The Kier molecular flexibility index (Phi) is 4.64. The number of halogens is 3. The van der Waals surface area contributed by atoms with Crippen LogP contribution in [-0.2, 0) is 16.2 Å². The van der Waals surface area contributed by atoms with Crippen LogP contribution in [0.1, 0.15) is 30.4 Å². The van der Waals surface area contributed by atoms with E-state index in [1.165, 1.54) is 6.07 Å². The van der Waals surface area contributed by atoms with E-state index in [2.05, 4.69) is 0 Å². The van der Waals surface area contributed by atoms with E-state index >= 15 is 0 Å². The van der Waals surface area contributed by atoms with Gasteiger partial charge in [0.2, 0.25) is 10.0 Å². The van der Waals surface area contributed by atoms with E-state index in [1.54, 1.807) is 0 Å². The van der Waals surface area contributed by atoms with Crippen molar-refractivity contribution in [2.75, 3.05) is 6.54 Å². The summed E-state index contributed by atoms with van der Waals surface area (Å²) in [6, 6.07) is 5.28. The minimum atomic E-state index is -4.83. The van der Waals surface area contributed by atoms with Crippen LogP contribution in [0.2, 0.25) is 0 Å². The molecular formula is C14H12F3N3O2S. The van der Waals surface area contributed by atoms with Crippen LogP contribution in [0.3, 0.4) is 0 Å². The van der Waals surface area contributed by atoms with Gasteiger partial charge in [0.15, 0.2) is 0 Å². The Morgan fingerprint density at radius 3 is 2.39 bits per heavy atom. The zero-order valence-electron chi connectivity index (χ0n) is 11.8. The number of sulfonamides is 1. The fourth-order valence-electron chi connectivity index (χ4n) is 2.17. The first-order valence-corrected chi connectivity index (χ1v) is 8.16. The lowest BCUT2D eigenvalue weighted by Crippen LogP contribution is -2.34. The monoisotopic (exact) mass is 343 g/mol. The predicted octanol–water partition coefficient (Wildman–Crippen LogP) is 2.64. The molecule has 0 spiro atoms. The van der Waals surface area contributed by atoms with Crippen molar-refractivity contribution in [3.63, 3.8) is 0 Å². The predicted molar refractivity (Wildman–Crippen MR) is 73.3 cm³/mol. The average Bonchev–Trinajstić information content (AvgIpc) is 3.30. The Balaban J connectivity index is 2.48. The van der Waals surface area contributed by atoms with Gasteiger partial charge in [0.05, 0.1) is 28.2 Å². The van der Waals surface area contributed by atoms with Gasteiger partial charge >= 0.3 is 6.18 Å². The van der Waals surface area contributed by atoms with Crippen molar-refractivity contribution in [3.8, 4) is 12.1 Å². The van der Waals surface area contributed by atoms with E-state index in [4.69, 9.17) is 10.5 Å². The van der Waals surface area contributed by atoms with Gasteiger partial charge in [-0.1, -0.05) is 0 Å². The quantitative estimate of drug-likeness (QED) is 0.822. The van der Waals surface area contributed by atoms with Gasteiger partial charge in [0.1, 0.15) is 0 Å². The van der Waals surface area contributed by atoms with Crippen molar-refractivity contribution in [2.24, 2.45) is 0 Å². The second kappa shape index (κ2) is 6.19. The fourth-order valence-corrected chi connectivity index (χ4v) is 3.89. The van der Waals surface area contributed by atoms with Crippen molar-refractivity contribution in [1.82, 2.24) is 4.31 Å². The molecule has 2 rings (SSSR count). The summed E-state index contributed by atoms with van der Waals surface area (Å²) in [6.07, 6.45) is -3.63. The first kappa shape index (κ1) is 17.3. The summed E-state index contributed by atoms with van der Waals surface area (Å²) < 4.78 is 65.1. The molecule has 0 radical (unpaired) electrons. The van der Waals surface area contributed by atoms with Crippen LogP contribution in [0.5, 0.6) is 0 Å². The minimum absolute atomic E-state index is 0.0435. The summed E-state index contributed by atoms with van der Waals surface area (Å²) in [5.41, 5.74) is -1.91. The van der Waals surface area contributed by atoms with Crippen LogP contribution in [0.4, 0.5) is 13.2 Å². The number of nitriles is 2. The molecule has 0 atom stereocenters. The molecule has 0 amide bonds. The Morgan fingerprint density at radius 1 is 1.26 bits per heavy atom. The molecule has 0 saturated heterocycles. The molecular weight excluding hydrogens is 331 g/mol. The van der Waals surface area contributed by atoms with Crippen molar-refractivity contribution >= 4 is 10.0 Å². The first-order chi connectivity index (χ1) is 10.7. The SMILES string of the molecule is N#CCCN(C1CC1)S(=O)(=O)c1ccc(C#N)c(C(F)(F)F)c1. The second-order valence-corrected chi connectivity index (χ2v) is 6.96. The maximum absolute atomic E-state index is 13.0. The van der Waals surface area contributed by atoms with Gasteiger partial charge in [0.25, 0.3) is 0 Å². The van der Waals surface area contributed by atoms with Crippen molar-refractivity contribution < 1.29 is 21.6 Å². The molecule has 0 heterocycles. The maximum atomic E-state index is 13.0. The average molecular weight is 343 g/mol. The molecule has 0 unspecified atom stereocenters. The Hall–Kier alpha value is -2.10. The molecule has 23 heavy (non-hydrogen) atoms. The highest BCUT2D eigenvalue weighted by Gasteiger charge is 2.40. The first-order valence-electron chi connectivity index (χ1n) is 6.72. The molecule has 122 valence electrons. The number of benzene rings is 1. The van der Waals surface area contributed by atoms with Crippen LogP contribution in [0.15, 0.2) is 23.1 Å². The van der Waals surface area contributed by atoms with Crippen LogP contribution in [0.25, 0.3) is 0 Å². The highest BCUT2D eigenvalue weighted by atomic mass is 32.2. The van der Waals surface area contributed by atoms with E-state index in [0.717, 1.165) is 16.4 Å². The van der Waals surface area contributed by atoms with Crippen molar-refractivity contribution in [1.29, 1.82) is 10.5 Å².